The molecule has 2 aromatic rings. The second kappa shape index (κ2) is 7.05. The molecule has 0 bridgehead atoms. The van der Waals surface area contributed by atoms with E-state index in [2.05, 4.69) is 31.0 Å². The Bertz CT molecular complexity index is 771. The van der Waals surface area contributed by atoms with Crippen LogP contribution in [0.5, 0.6) is 0 Å². The molecule has 0 aliphatic carbocycles. The number of nitrogens with one attached hydrogen (secondary N) is 1. The SMILES string of the molecule is Cc1cc(C=NNC(=O)CC#N)c(C)n1-c1cccc(Br)c1. The van der Waals surface area contributed by atoms with E-state index in [1.165, 1.54) is 0 Å². The van der Waals surface area contributed by atoms with Gasteiger partial charge >= 0.3 is 0 Å². The minimum Gasteiger partial charge on any atom is -0.318 e. The topological polar surface area (TPSA) is 70.2 Å². The first-order chi connectivity index (χ1) is 10.5. The van der Waals surface area contributed by atoms with Gasteiger partial charge in [-0.05, 0) is 38.1 Å². The standard InChI is InChI=1S/C16H15BrN4O/c1-11-8-13(10-19-20-16(22)6-7-18)12(2)21(11)15-5-3-4-14(17)9-15/h3-5,8-10H,6H2,1-2H3,(H,20,22). The van der Waals surface area contributed by atoms with E-state index in [0.29, 0.717) is 0 Å². The molecular formula is C16H15BrN4O. The zero-order valence-corrected chi connectivity index (χ0v) is 13.9. The summed E-state index contributed by atoms with van der Waals surface area (Å²) in [6.07, 6.45) is 1.39. The molecule has 1 aromatic heterocycles. The van der Waals surface area contributed by atoms with Gasteiger partial charge in [0.05, 0.1) is 12.3 Å². The van der Waals surface area contributed by atoms with E-state index in [1.807, 2.05) is 44.2 Å². The van der Waals surface area contributed by atoms with Gasteiger partial charge in [0.15, 0.2) is 0 Å². The minimum absolute atomic E-state index is 0.200. The Balaban J connectivity index is 2.26. The number of carbonyl (C=O) groups excluding carboxylic acids is 1. The van der Waals surface area contributed by atoms with E-state index in [9.17, 15) is 4.79 Å². The number of nitriles is 1. The summed E-state index contributed by atoms with van der Waals surface area (Å²) in [4.78, 5) is 11.2. The molecule has 1 N–H and O–H groups in total. The highest BCUT2D eigenvalue weighted by Gasteiger charge is 2.09. The molecule has 1 amide bonds. The fourth-order valence-electron chi connectivity index (χ4n) is 2.22. The van der Waals surface area contributed by atoms with Crippen molar-refractivity contribution in [3.8, 4) is 11.8 Å². The molecule has 5 nitrogen and oxygen atoms in total. The summed E-state index contributed by atoms with van der Waals surface area (Å²) < 4.78 is 3.12. The van der Waals surface area contributed by atoms with Gasteiger partial charge < -0.3 is 4.57 Å². The van der Waals surface area contributed by atoms with Crippen molar-refractivity contribution in [3.05, 3.63) is 51.8 Å². The van der Waals surface area contributed by atoms with Crippen molar-refractivity contribution in [2.45, 2.75) is 20.3 Å². The van der Waals surface area contributed by atoms with Crippen LogP contribution in [0, 0.1) is 25.2 Å². The average molecular weight is 359 g/mol. The lowest BCUT2D eigenvalue weighted by molar-refractivity contribution is -0.120. The number of aryl methyl sites for hydroxylation is 1. The summed E-state index contributed by atoms with van der Waals surface area (Å²) in [5, 5.41) is 12.3. The Morgan fingerprint density at radius 1 is 1.45 bits per heavy atom. The summed E-state index contributed by atoms with van der Waals surface area (Å²) >= 11 is 3.47. The second-order valence-electron chi connectivity index (χ2n) is 4.77. The molecule has 2 rings (SSSR count). The van der Waals surface area contributed by atoms with Gasteiger partial charge in [-0.3, -0.25) is 4.79 Å². The van der Waals surface area contributed by atoms with E-state index < -0.39 is 5.91 Å². The van der Waals surface area contributed by atoms with Crippen molar-refractivity contribution in [2.24, 2.45) is 5.10 Å². The normalized spacial score (nSPS) is 10.6. The molecule has 0 unspecified atom stereocenters. The summed E-state index contributed by atoms with van der Waals surface area (Å²) in [6.45, 7) is 4.01. The fraction of sp³-hybridized carbons (Fsp3) is 0.188. The van der Waals surface area contributed by atoms with Crippen LogP contribution in [0.15, 0.2) is 39.9 Å². The Labute approximate surface area is 137 Å². The maximum absolute atomic E-state index is 11.2. The van der Waals surface area contributed by atoms with Crippen LogP contribution in [-0.2, 0) is 4.79 Å². The van der Waals surface area contributed by atoms with Crippen molar-refractivity contribution < 1.29 is 4.79 Å². The lowest BCUT2D eigenvalue weighted by atomic mass is 10.2. The number of aromatic nitrogens is 1. The summed E-state index contributed by atoms with van der Waals surface area (Å²) in [7, 11) is 0. The Hall–Kier alpha value is -2.39. The van der Waals surface area contributed by atoms with Crippen LogP contribution in [-0.4, -0.2) is 16.7 Å². The third-order valence-electron chi connectivity index (χ3n) is 3.17. The van der Waals surface area contributed by atoms with E-state index >= 15 is 0 Å². The Morgan fingerprint density at radius 3 is 2.91 bits per heavy atom. The number of nitrogens with zero attached hydrogens (tertiary/aromatic N) is 3. The van der Waals surface area contributed by atoms with E-state index in [-0.39, 0.29) is 6.42 Å². The number of amides is 1. The van der Waals surface area contributed by atoms with Crippen molar-refractivity contribution >= 4 is 28.1 Å². The quantitative estimate of drug-likeness (QED) is 0.673. The molecule has 0 saturated heterocycles. The predicted molar refractivity (Wildman–Crippen MR) is 88.9 cm³/mol. The molecule has 1 aromatic carbocycles. The van der Waals surface area contributed by atoms with Gasteiger partial charge in [0, 0.05) is 27.1 Å². The maximum atomic E-state index is 11.2. The molecule has 1 heterocycles. The average Bonchev–Trinajstić information content (AvgIpc) is 2.74. The maximum Gasteiger partial charge on any atom is 0.254 e. The lowest BCUT2D eigenvalue weighted by Gasteiger charge is -2.09. The lowest BCUT2D eigenvalue weighted by Crippen LogP contribution is -2.16. The molecule has 0 atom stereocenters. The number of halogens is 1. The third kappa shape index (κ3) is 3.62. The summed E-state index contributed by atoms with van der Waals surface area (Å²) in [5.41, 5.74) is 6.39. The van der Waals surface area contributed by atoms with Crippen LogP contribution in [0.25, 0.3) is 5.69 Å². The molecule has 0 aliphatic rings. The van der Waals surface area contributed by atoms with Gasteiger partial charge in [-0.25, -0.2) is 5.43 Å². The van der Waals surface area contributed by atoms with Gasteiger partial charge in [0.2, 0.25) is 0 Å². The number of rotatable bonds is 4. The zero-order chi connectivity index (χ0) is 16.1. The van der Waals surface area contributed by atoms with Gasteiger partial charge in [0.25, 0.3) is 5.91 Å². The number of hydrogen-bond acceptors (Lipinski definition) is 3. The predicted octanol–water partition coefficient (Wildman–Crippen LogP) is 3.22. The van der Waals surface area contributed by atoms with Gasteiger partial charge in [-0.2, -0.15) is 10.4 Å². The molecule has 6 heteroatoms. The van der Waals surface area contributed by atoms with Gasteiger partial charge in [0.1, 0.15) is 6.42 Å². The highest BCUT2D eigenvalue weighted by Crippen LogP contribution is 2.22. The molecule has 22 heavy (non-hydrogen) atoms. The number of hydrogen-bond donors (Lipinski definition) is 1. The highest BCUT2D eigenvalue weighted by molar-refractivity contribution is 9.10. The van der Waals surface area contributed by atoms with E-state index in [1.54, 1.807) is 12.3 Å². The smallest absolute Gasteiger partial charge is 0.254 e. The van der Waals surface area contributed by atoms with Crippen molar-refractivity contribution in [3.63, 3.8) is 0 Å². The summed E-state index contributed by atoms with van der Waals surface area (Å²) in [5.74, 6) is -0.417. The largest absolute Gasteiger partial charge is 0.318 e. The summed E-state index contributed by atoms with van der Waals surface area (Å²) in [6, 6.07) is 11.8. The third-order valence-corrected chi connectivity index (χ3v) is 3.66. The van der Waals surface area contributed by atoms with E-state index in [0.717, 1.165) is 27.1 Å². The molecule has 112 valence electrons. The van der Waals surface area contributed by atoms with Crippen LogP contribution < -0.4 is 5.43 Å². The highest BCUT2D eigenvalue weighted by atomic mass is 79.9. The number of carbonyl (C=O) groups is 1. The molecule has 0 radical (unpaired) electrons. The minimum atomic E-state index is -0.417. The first kappa shape index (κ1) is 16.0. The van der Waals surface area contributed by atoms with Crippen LogP contribution in [0.4, 0.5) is 0 Å². The van der Waals surface area contributed by atoms with Crippen LogP contribution in [0.3, 0.4) is 0 Å². The Kier molecular flexibility index (Phi) is 5.12. The second-order valence-corrected chi connectivity index (χ2v) is 5.69. The zero-order valence-electron chi connectivity index (χ0n) is 12.3. The molecule has 0 fully saturated rings. The van der Waals surface area contributed by atoms with Crippen molar-refractivity contribution in [2.75, 3.05) is 0 Å². The van der Waals surface area contributed by atoms with Gasteiger partial charge in [-0.15, -0.1) is 0 Å². The number of hydrazone groups is 1. The van der Waals surface area contributed by atoms with Gasteiger partial charge in [-0.1, -0.05) is 22.0 Å². The molecule has 0 aliphatic heterocycles. The molecular weight excluding hydrogens is 344 g/mol. The Morgan fingerprint density at radius 2 is 2.23 bits per heavy atom. The van der Waals surface area contributed by atoms with Crippen LogP contribution >= 0.6 is 15.9 Å². The fourth-order valence-corrected chi connectivity index (χ4v) is 2.60. The first-order valence-corrected chi connectivity index (χ1v) is 7.46. The van der Waals surface area contributed by atoms with Crippen molar-refractivity contribution in [1.29, 1.82) is 5.26 Å². The monoisotopic (exact) mass is 358 g/mol. The van der Waals surface area contributed by atoms with Crippen LogP contribution in [0.2, 0.25) is 0 Å². The first-order valence-electron chi connectivity index (χ1n) is 6.66. The van der Waals surface area contributed by atoms with Crippen molar-refractivity contribution in [1.82, 2.24) is 9.99 Å². The van der Waals surface area contributed by atoms with Crippen LogP contribution in [0.1, 0.15) is 23.4 Å². The molecule has 0 spiro atoms. The molecule has 0 saturated carbocycles. The number of benzene rings is 1. The van der Waals surface area contributed by atoms with E-state index in [4.69, 9.17) is 5.26 Å².